The van der Waals surface area contributed by atoms with E-state index in [4.69, 9.17) is 9.47 Å². The molecule has 0 bridgehead atoms. The zero-order valence-corrected chi connectivity index (χ0v) is 25.5. The van der Waals surface area contributed by atoms with Crippen molar-refractivity contribution in [2.75, 3.05) is 13.2 Å². The second-order valence-corrected chi connectivity index (χ2v) is 11.4. The first-order chi connectivity index (χ1) is 22.1. The quantitative estimate of drug-likeness (QED) is 0.0877. The summed E-state index contributed by atoms with van der Waals surface area (Å²) in [5.74, 6) is -1.35. The van der Waals surface area contributed by atoms with Gasteiger partial charge in [0, 0.05) is 0 Å². The van der Waals surface area contributed by atoms with E-state index in [1.165, 1.54) is 5.56 Å². The van der Waals surface area contributed by atoms with Gasteiger partial charge in [-0.1, -0.05) is 140 Å². The lowest BCUT2D eigenvalue weighted by Gasteiger charge is -2.37. The van der Waals surface area contributed by atoms with Crippen LogP contribution < -0.4 is 0 Å². The molecule has 226 valence electrons. The Balaban J connectivity index is 1.35. The highest BCUT2D eigenvalue weighted by molar-refractivity contribution is 6.02. The molecule has 1 N–H and O–H groups in total. The minimum atomic E-state index is -1.01. The first-order valence-electron chi connectivity index (χ1n) is 15.7. The highest BCUT2D eigenvalue weighted by atomic mass is 16.5. The average Bonchev–Trinajstić information content (AvgIpc) is 3.10. The number of aryl methyl sites for hydroxylation is 1. The first-order valence-corrected chi connectivity index (χ1v) is 15.7. The van der Waals surface area contributed by atoms with Gasteiger partial charge in [0.15, 0.2) is 0 Å². The van der Waals surface area contributed by atoms with Crippen molar-refractivity contribution in [1.29, 1.82) is 0 Å². The molecule has 2 atom stereocenters. The van der Waals surface area contributed by atoms with Crippen molar-refractivity contribution in [2.45, 2.75) is 31.5 Å². The molecule has 0 spiro atoms. The molecule has 0 amide bonds. The van der Waals surface area contributed by atoms with Crippen molar-refractivity contribution in [3.63, 3.8) is 0 Å². The van der Waals surface area contributed by atoms with E-state index in [-0.39, 0.29) is 13.2 Å². The van der Waals surface area contributed by atoms with Gasteiger partial charge < -0.3 is 14.6 Å². The minimum absolute atomic E-state index is 0.0328. The second-order valence-electron chi connectivity index (χ2n) is 11.4. The lowest BCUT2D eigenvalue weighted by atomic mass is 9.80. The largest absolute Gasteiger partial charge is 0.466 e. The van der Waals surface area contributed by atoms with Crippen LogP contribution in [-0.2, 0) is 26.3 Å². The Morgan fingerprint density at radius 1 is 0.667 bits per heavy atom. The minimum Gasteiger partial charge on any atom is -0.466 e. The van der Waals surface area contributed by atoms with Gasteiger partial charge in [-0.25, -0.2) is 0 Å². The Hall–Kier alpha value is -4.77. The van der Waals surface area contributed by atoms with Crippen molar-refractivity contribution in [3.05, 3.63) is 168 Å². The van der Waals surface area contributed by atoms with E-state index in [1.54, 1.807) is 6.92 Å². The van der Waals surface area contributed by atoms with Crippen molar-refractivity contribution in [1.82, 2.24) is 0 Å². The Morgan fingerprint density at radius 2 is 1.11 bits per heavy atom. The van der Waals surface area contributed by atoms with E-state index < -0.39 is 23.6 Å². The first kappa shape index (κ1) is 30.3. The molecular formula is C41H38O4. The number of esters is 1. The van der Waals surface area contributed by atoms with Gasteiger partial charge in [-0.2, -0.15) is 0 Å². The summed E-state index contributed by atoms with van der Waals surface area (Å²) in [5.41, 5.74) is 2.95. The predicted molar refractivity (Wildman–Crippen MR) is 181 cm³/mol. The molecule has 6 aromatic rings. The summed E-state index contributed by atoms with van der Waals surface area (Å²) in [7, 11) is 0. The molecule has 0 aromatic heterocycles. The van der Waals surface area contributed by atoms with Crippen molar-refractivity contribution in [2.24, 2.45) is 5.92 Å². The molecule has 6 aromatic carbocycles. The van der Waals surface area contributed by atoms with Gasteiger partial charge >= 0.3 is 5.97 Å². The van der Waals surface area contributed by atoms with Gasteiger partial charge in [-0.3, -0.25) is 4.79 Å². The number of rotatable bonds is 12. The molecule has 0 aliphatic carbocycles. The van der Waals surface area contributed by atoms with Gasteiger partial charge in [0.2, 0.25) is 0 Å². The molecule has 0 saturated carbocycles. The van der Waals surface area contributed by atoms with Crippen LogP contribution in [0.3, 0.4) is 0 Å². The topological polar surface area (TPSA) is 55.8 Å². The van der Waals surface area contributed by atoms with Gasteiger partial charge in [-0.15, -0.1) is 0 Å². The normalized spacial score (nSPS) is 13.0. The monoisotopic (exact) mass is 594 g/mol. The summed E-state index contributed by atoms with van der Waals surface area (Å²) in [4.78, 5) is 13.5. The van der Waals surface area contributed by atoms with Crippen molar-refractivity contribution >= 4 is 27.5 Å². The molecule has 0 fully saturated rings. The zero-order chi connectivity index (χ0) is 31.1. The summed E-state index contributed by atoms with van der Waals surface area (Å²) in [6.07, 6.45) is -0.0122. The van der Waals surface area contributed by atoms with Crippen LogP contribution in [0.1, 0.15) is 35.6 Å². The van der Waals surface area contributed by atoms with E-state index in [9.17, 15) is 9.90 Å². The molecule has 6 rings (SSSR count). The number of carbonyl (C=O) groups excluding carboxylic acids is 1. The van der Waals surface area contributed by atoms with E-state index in [1.807, 2.05) is 115 Å². The average molecular weight is 595 g/mol. The number of carbonyl (C=O) groups is 1. The van der Waals surface area contributed by atoms with Gasteiger partial charge in [0.05, 0.1) is 19.3 Å². The third kappa shape index (κ3) is 6.26. The fraction of sp³-hybridized carbons (Fsp3) is 0.195. The van der Waals surface area contributed by atoms with Crippen LogP contribution in [0.25, 0.3) is 21.5 Å². The Kier molecular flexibility index (Phi) is 9.35. The van der Waals surface area contributed by atoms with E-state index in [0.717, 1.165) is 38.2 Å². The van der Waals surface area contributed by atoms with Crippen LogP contribution in [0, 0.1) is 5.92 Å². The number of benzene rings is 6. The standard InChI is InChI=1S/C41H38O4/c1-2-44-40(43)38(39(42)27-26-37-35-24-14-12-16-30(35)28-31-17-13-15-25-36(31)37)29-45-41(32-18-6-3-7-19-32,33-20-8-4-9-21-33)34-22-10-5-11-23-34/h3-25,28,38-39,42H,2,26-27,29H2,1H3/t38-,39-/m0/s1. The Bertz CT molecular complexity index is 1700. The van der Waals surface area contributed by atoms with Gasteiger partial charge in [0.1, 0.15) is 11.5 Å². The fourth-order valence-electron chi connectivity index (χ4n) is 6.44. The van der Waals surface area contributed by atoms with Gasteiger partial charge in [0.25, 0.3) is 0 Å². The SMILES string of the molecule is CCOC(=O)[C@@H](COC(c1ccccc1)(c1ccccc1)c1ccccc1)[C@@H](O)CCc1c2ccccc2cc2ccccc12. The maximum atomic E-state index is 13.5. The van der Waals surface area contributed by atoms with Crippen LogP contribution in [0.5, 0.6) is 0 Å². The van der Waals surface area contributed by atoms with Crippen LogP contribution in [-0.4, -0.2) is 30.4 Å². The molecule has 4 heteroatoms. The molecule has 4 nitrogen and oxygen atoms in total. The number of aliphatic hydroxyl groups excluding tert-OH is 1. The molecule has 45 heavy (non-hydrogen) atoms. The predicted octanol–water partition coefficient (Wildman–Crippen LogP) is 8.47. The van der Waals surface area contributed by atoms with E-state index in [0.29, 0.717) is 12.8 Å². The summed E-state index contributed by atoms with van der Waals surface area (Å²) in [6, 6.07) is 49.0. The van der Waals surface area contributed by atoms with E-state index in [2.05, 4.69) is 30.3 Å². The third-order valence-corrected chi connectivity index (χ3v) is 8.65. The maximum Gasteiger partial charge on any atom is 0.313 e. The maximum absolute atomic E-state index is 13.5. The molecule has 0 unspecified atom stereocenters. The highest BCUT2D eigenvalue weighted by Crippen LogP contribution is 2.41. The molecule has 0 radical (unpaired) electrons. The molecule has 0 saturated heterocycles. The third-order valence-electron chi connectivity index (χ3n) is 8.65. The van der Waals surface area contributed by atoms with Gasteiger partial charge in [-0.05, 0) is 69.6 Å². The summed E-state index contributed by atoms with van der Waals surface area (Å²) < 4.78 is 12.5. The number of hydrogen-bond donors (Lipinski definition) is 1. The smallest absolute Gasteiger partial charge is 0.313 e. The fourth-order valence-corrected chi connectivity index (χ4v) is 6.44. The number of ether oxygens (including phenoxy) is 2. The Morgan fingerprint density at radius 3 is 1.58 bits per heavy atom. The van der Waals surface area contributed by atoms with Crippen LogP contribution in [0.2, 0.25) is 0 Å². The van der Waals surface area contributed by atoms with Crippen molar-refractivity contribution < 1.29 is 19.4 Å². The van der Waals surface area contributed by atoms with Crippen LogP contribution in [0.4, 0.5) is 0 Å². The summed E-state index contributed by atoms with van der Waals surface area (Å²) in [5, 5.41) is 16.4. The Labute approximate surface area is 264 Å². The molecule has 0 aliphatic rings. The van der Waals surface area contributed by atoms with E-state index >= 15 is 0 Å². The zero-order valence-electron chi connectivity index (χ0n) is 25.5. The number of aliphatic hydroxyl groups is 1. The summed E-state index contributed by atoms with van der Waals surface area (Å²) >= 11 is 0. The molecule has 0 heterocycles. The summed E-state index contributed by atoms with van der Waals surface area (Å²) in [6.45, 7) is 1.97. The lowest BCUT2D eigenvalue weighted by molar-refractivity contribution is -0.157. The second kappa shape index (κ2) is 13.9. The van der Waals surface area contributed by atoms with Crippen LogP contribution >= 0.6 is 0 Å². The molecular weight excluding hydrogens is 556 g/mol. The number of hydrogen-bond acceptors (Lipinski definition) is 4. The van der Waals surface area contributed by atoms with Crippen LogP contribution in [0.15, 0.2) is 146 Å². The highest BCUT2D eigenvalue weighted by Gasteiger charge is 2.40. The lowest BCUT2D eigenvalue weighted by Crippen LogP contribution is -2.40. The number of fused-ring (bicyclic) bond motifs is 2. The van der Waals surface area contributed by atoms with Crippen molar-refractivity contribution in [3.8, 4) is 0 Å². The molecule has 0 aliphatic heterocycles.